The van der Waals surface area contributed by atoms with Crippen LogP contribution in [0.2, 0.25) is 0 Å². The van der Waals surface area contributed by atoms with Crippen LogP contribution in [0.5, 0.6) is 0 Å². The fraction of sp³-hybridized carbons (Fsp3) is 0.333. The van der Waals surface area contributed by atoms with E-state index in [0.717, 1.165) is 12.1 Å². The Kier molecular flexibility index (Phi) is 6.17. The molecule has 2 aliphatic heterocycles. The molecule has 3 heterocycles. The van der Waals surface area contributed by atoms with Crippen LogP contribution in [0.3, 0.4) is 0 Å². The predicted molar refractivity (Wildman–Crippen MR) is 122 cm³/mol. The lowest BCUT2D eigenvalue weighted by molar-refractivity contribution is -0.485. The number of carbonyl (C=O) groups is 3. The molecular weight excluding hydrogens is 446 g/mol. The average molecular weight is 470 g/mol. The zero-order valence-electron chi connectivity index (χ0n) is 18.0. The first-order valence-electron chi connectivity index (χ1n) is 10.6. The monoisotopic (exact) mass is 470 g/mol. The number of carboxylic acids is 2. The summed E-state index contributed by atoms with van der Waals surface area (Å²) >= 11 is 0. The molecular formula is C21H24N7O6+. The highest BCUT2D eigenvalue weighted by Crippen LogP contribution is 2.28. The third kappa shape index (κ3) is 4.67. The van der Waals surface area contributed by atoms with Gasteiger partial charge in [-0.3, -0.25) is 19.4 Å². The van der Waals surface area contributed by atoms with Gasteiger partial charge in [-0.05, 0) is 30.7 Å². The number of nitrogens with two attached hydrogens (primary N) is 1. The number of amides is 1. The van der Waals surface area contributed by atoms with Crippen molar-refractivity contribution in [1.82, 2.24) is 15.3 Å². The van der Waals surface area contributed by atoms with Crippen molar-refractivity contribution < 1.29 is 29.2 Å². The first-order valence-corrected chi connectivity index (χ1v) is 10.6. The lowest BCUT2D eigenvalue weighted by atomic mass is 10.1. The van der Waals surface area contributed by atoms with Crippen LogP contribution in [-0.4, -0.2) is 74.1 Å². The number of rotatable bonds is 7. The van der Waals surface area contributed by atoms with Crippen LogP contribution in [0.15, 0.2) is 29.1 Å². The van der Waals surface area contributed by atoms with Gasteiger partial charge in [-0.2, -0.15) is 4.98 Å². The standard InChI is InChI=1S/C21H23N7O6/c22-21-25-17-16(19(32)26-21)28-10-27(8-7-13(28)9-23-17)12-3-1-11(2-4-12)18(31)24-14(20(33)34)5-6-15(29)30/h1-4,10,13-14H,5-9H2,(H6-,22,23,24,25,26,29,30,31,32,33,34)/p+1/t13-,14-/m0/s1. The highest BCUT2D eigenvalue weighted by Gasteiger charge is 2.36. The van der Waals surface area contributed by atoms with Crippen LogP contribution >= 0.6 is 0 Å². The molecule has 0 radical (unpaired) electrons. The molecule has 13 nitrogen and oxygen atoms in total. The molecule has 34 heavy (non-hydrogen) atoms. The summed E-state index contributed by atoms with van der Waals surface area (Å²) < 4.78 is 1.86. The Morgan fingerprint density at radius 3 is 2.68 bits per heavy atom. The van der Waals surface area contributed by atoms with Gasteiger partial charge in [0.1, 0.15) is 17.8 Å². The molecule has 7 N–H and O–H groups in total. The molecule has 178 valence electrons. The lowest BCUT2D eigenvalue weighted by Gasteiger charge is -2.31. The molecule has 2 atom stereocenters. The Hall–Kier alpha value is -4.42. The van der Waals surface area contributed by atoms with Crippen LogP contribution in [0, 0.1) is 0 Å². The largest absolute Gasteiger partial charge is 0.481 e. The van der Waals surface area contributed by atoms with E-state index in [1.807, 2.05) is 15.8 Å². The molecule has 0 fully saturated rings. The van der Waals surface area contributed by atoms with E-state index in [-0.39, 0.29) is 36.0 Å². The number of carbonyl (C=O) groups excluding carboxylic acids is 1. The zero-order valence-corrected chi connectivity index (χ0v) is 18.0. The number of H-pyrrole nitrogens is 1. The van der Waals surface area contributed by atoms with Gasteiger partial charge in [0.05, 0.1) is 13.1 Å². The topological polar surface area (TPSA) is 194 Å². The predicted octanol–water partition coefficient (Wildman–Crippen LogP) is -0.223. The van der Waals surface area contributed by atoms with Crippen LogP contribution in [-0.2, 0) is 9.59 Å². The van der Waals surface area contributed by atoms with Gasteiger partial charge in [0.2, 0.25) is 18.0 Å². The maximum Gasteiger partial charge on any atom is 0.326 e. The second-order valence-corrected chi connectivity index (χ2v) is 8.03. The maximum absolute atomic E-state index is 12.5. The van der Waals surface area contributed by atoms with Gasteiger partial charge in [-0.15, -0.1) is 0 Å². The number of benzene rings is 1. The van der Waals surface area contributed by atoms with E-state index in [4.69, 9.17) is 10.8 Å². The number of fused-ring (bicyclic) bond motifs is 3. The molecule has 13 heteroatoms. The second-order valence-electron chi connectivity index (χ2n) is 8.03. The van der Waals surface area contributed by atoms with Crippen LogP contribution in [0.25, 0.3) is 0 Å². The normalized spacial score (nSPS) is 17.5. The molecule has 0 saturated carbocycles. The number of nitrogen functional groups attached to an aromatic ring is 1. The summed E-state index contributed by atoms with van der Waals surface area (Å²) in [5, 5.41) is 23.5. The van der Waals surface area contributed by atoms with Crippen LogP contribution in [0.1, 0.15) is 29.6 Å². The minimum Gasteiger partial charge on any atom is -0.481 e. The molecule has 2 aromatic rings. The fourth-order valence-corrected chi connectivity index (χ4v) is 4.00. The van der Waals surface area contributed by atoms with E-state index < -0.39 is 23.9 Å². The Morgan fingerprint density at radius 1 is 1.26 bits per heavy atom. The fourth-order valence-electron chi connectivity index (χ4n) is 4.00. The van der Waals surface area contributed by atoms with E-state index in [1.165, 1.54) is 0 Å². The summed E-state index contributed by atoms with van der Waals surface area (Å²) in [4.78, 5) is 55.6. The van der Waals surface area contributed by atoms with Crippen molar-refractivity contribution in [2.24, 2.45) is 0 Å². The highest BCUT2D eigenvalue weighted by atomic mass is 16.4. The van der Waals surface area contributed by atoms with Crippen molar-refractivity contribution in [2.45, 2.75) is 31.3 Å². The van der Waals surface area contributed by atoms with Crippen molar-refractivity contribution in [2.75, 3.05) is 29.0 Å². The highest BCUT2D eigenvalue weighted by molar-refractivity contribution is 5.97. The number of hydrogen-bond donors (Lipinski definition) is 6. The van der Waals surface area contributed by atoms with Gasteiger partial charge in [0.15, 0.2) is 5.82 Å². The molecule has 4 rings (SSSR count). The van der Waals surface area contributed by atoms with E-state index in [1.54, 1.807) is 24.3 Å². The Labute approximate surface area is 192 Å². The van der Waals surface area contributed by atoms with Gasteiger partial charge < -0.3 is 26.6 Å². The smallest absolute Gasteiger partial charge is 0.326 e. The Balaban J connectivity index is 1.52. The molecule has 0 unspecified atom stereocenters. The summed E-state index contributed by atoms with van der Waals surface area (Å²) in [5.74, 6) is -2.60. The number of aliphatic carboxylic acids is 2. The number of nitrogens with one attached hydrogen (secondary N) is 3. The van der Waals surface area contributed by atoms with Crippen LogP contribution in [0.4, 0.5) is 23.1 Å². The van der Waals surface area contributed by atoms with Crippen molar-refractivity contribution in [3.8, 4) is 0 Å². The van der Waals surface area contributed by atoms with Gasteiger partial charge >= 0.3 is 17.5 Å². The third-order valence-corrected chi connectivity index (χ3v) is 5.75. The second kappa shape index (κ2) is 9.21. The molecule has 0 saturated heterocycles. The number of aromatic nitrogens is 2. The number of hydrogen-bond acceptors (Lipinski definition) is 8. The summed E-state index contributed by atoms with van der Waals surface area (Å²) in [5.41, 5.74) is 6.70. The lowest BCUT2D eigenvalue weighted by Crippen LogP contribution is -2.47. The van der Waals surface area contributed by atoms with E-state index >= 15 is 0 Å². The van der Waals surface area contributed by atoms with Gasteiger partial charge in [-0.25, -0.2) is 14.3 Å². The maximum atomic E-state index is 12.5. The molecule has 1 aromatic carbocycles. The van der Waals surface area contributed by atoms with Crippen molar-refractivity contribution in [3.05, 3.63) is 40.2 Å². The Bertz CT molecular complexity index is 1220. The molecule has 0 aliphatic carbocycles. The summed E-state index contributed by atoms with van der Waals surface area (Å²) in [6.07, 6.45) is 1.99. The minimum atomic E-state index is -1.30. The van der Waals surface area contributed by atoms with E-state index in [0.29, 0.717) is 24.6 Å². The molecule has 2 aliphatic rings. The zero-order chi connectivity index (χ0) is 24.4. The number of anilines is 3. The van der Waals surface area contributed by atoms with Gasteiger partial charge in [-0.1, -0.05) is 0 Å². The van der Waals surface area contributed by atoms with Crippen LogP contribution < -0.4 is 26.8 Å². The van der Waals surface area contributed by atoms with Crippen molar-refractivity contribution in [1.29, 1.82) is 0 Å². The third-order valence-electron chi connectivity index (χ3n) is 5.75. The van der Waals surface area contributed by atoms with Gasteiger partial charge in [0, 0.05) is 18.4 Å². The first kappa shape index (κ1) is 22.8. The summed E-state index contributed by atoms with van der Waals surface area (Å²) in [6.45, 7) is 1.29. The molecule has 0 bridgehead atoms. The van der Waals surface area contributed by atoms with Gasteiger partial charge in [0.25, 0.3) is 5.91 Å². The number of aromatic amines is 1. The van der Waals surface area contributed by atoms with Crippen molar-refractivity contribution in [3.63, 3.8) is 0 Å². The molecule has 1 amide bonds. The van der Waals surface area contributed by atoms with E-state index in [2.05, 4.69) is 20.6 Å². The molecule has 1 aromatic heterocycles. The average Bonchev–Trinajstić information content (AvgIpc) is 2.80. The molecule has 0 spiro atoms. The summed E-state index contributed by atoms with van der Waals surface area (Å²) in [6, 6.07) is 5.31. The van der Waals surface area contributed by atoms with E-state index in [9.17, 15) is 24.3 Å². The SMILES string of the molecule is Nc1nc2c(c(=O)[nH]1)[N+]1=CN(c3ccc(C(=O)N[C@@H](CCC(=O)O)C(=O)O)cc3)CC[C@H]1CN2. The number of nitrogens with zero attached hydrogens (tertiary/aromatic N) is 3. The van der Waals surface area contributed by atoms with Crippen molar-refractivity contribution >= 4 is 47.3 Å². The Morgan fingerprint density at radius 2 is 2.00 bits per heavy atom. The first-order chi connectivity index (χ1) is 16.2. The summed E-state index contributed by atoms with van der Waals surface area (Å²) in [7, 11) is 0. The quantitative estimate of drug-likeness (QED) is 0.294. The minimum absolute atomic E-state index is 0.0329. The number of carboxylic acid groups (broad SMARTS) is 2.